The van der Waals surface area contributed by atoms with Gasteiger partial charge in [0.2, 0.25) is 0 Å². The summed E-state index contributed by atoms with van der Waals surface area (Å²) in [7, 11) is 0. The van der Waals surface area contributed by atoms with E-state index in [4.69, 9.17) is 4.42 Å². The minimum atomic E-state index is -0.730. The fraction of sp³-hybridized carbons (Fsp3) is 0.429. The van der Waals surface area contributed by atoms with E-state index in [1.807, 2.05) is 19.2 Å². The van der Waals surface area contributed by atoms with Crippen molar-refractivity contribution in [3.05, 3.63) is 40.7 Å². The standard InChI is InChI=1S/C14H19N3O3S/c1-9(8-11(18)12-4-3-6-20-12)16-14(19)17-10(2)13-15-5-7-21-13/h3-7,9-11,18H,8H2,1-2H3,(H2,16,17,19)/t9-,10-,11-/m1/s1. The topological polar surface area (TPSA) is 87.4 Å². The molecule has 0 aliphatic heterocycles. The van der Waals surface area contributed by atoms with Crippen LogP contribution < -0.4 is 10.6 Å². The van der Waals surface area contributed by atoms with Crippen molar-refractivity contribution in [2.45, 2.75) is 38.5 Å². The Balaban J connectivity index is 1.77. The average molecular weight is 309 g/mol. The second-order valence-electron chi connectivity index (χ2n) is 4.88. The van der Waals surface area contributed by atoms with Gasteiger partial charge < -0.3 is 20.2 Å². The summed E-state index contributed by atoms with van der Waals surface area (Å²) in [4.78, 5) is 16.0. The highest BCUT2D eigenvalue weighted by molar-refractivity contribution is 7.09. The van der Waals surface area contributed by atoms with Gasteiger partial charge in [0, 0.05) is 24.0 Å². The number of furan rings is 1. The van der Waals surface area contributed by atoms with Gasteiger partial charge in [0.1, 0.15) is 16.9 Å². The molecule has 3 atom stereocenters. The minimum absolute atomic E-state index is 0.146. The molecule has 0 bridgehead atoms. The first kappa shape index (κ1) is 15.5. The summed E-state index contributed by atoms with van der Waals surface area (Å²) >= 11 is 1.49. The van der Waals surface area contributed by atoms with Gasteiger partial charge in [-0.05, 0) is 26.0 Å². The van der Waals surface area contributed by atoms with Crippen LogP contribution in [-0.4, -0.2) is 22.2 Å². The zero-order chi connectivity index (χ0) is 15.2. The Morgan fingerprint density at radius 1 is 1.48 bits per heavy atom. The zero-order valence-electron chi connectivity index (χ0n) is 11.9. The molecule has 0 aromatic carbocycles. The second kappa shape index (κ2) is 7.24. The number of nitrogens with zero attached hydrogens (tertiary/aromatic N) is 1. The summed E-state index contributed by atoms with van der Waals surface area (Å²) in [6, 6.07) is 2.82. The van der Waals surface area contributed by atoms with E-state index in [2.05, 4.69) is 15.6 Å². The van der Waals surface area contributed by atoms with Crippen molar-refractivity contribution in [3.8, 4) is 0 Å². The fourth-order valence-corrected chi connectivity index (χ4v) is 2.61. The van der Waals surface area contributed by atoms with Gasteiger partial charge in [-0.15, -0.1) is 11.3 Å². The molecule has 2 aromatic heterocycles. The first-order valence-electron chi connectivity index (χ1n) is 6.74. The number of urea groups is 1. The zero-order valence-corrected chi connectivity index (χ0v) is 12.8. The monoisotopic (exact) mass is 309 g/mol. The van der Waals surface area contributed by atoms with Crippen LogP contribution >= 0.6 is 11.3 Å². The molecule has 2 heterocycles. The van der Waals surface area contributed by atoms with E-state index < -0.39 is 6.10 Å². The number of rotatable bonds is 6. The van der Waals surface area contributed by atoms with Gasteiger partial charge in [-0.2, -0.15) is 0 Å². The third kappa shape index (κ3) is 4.57. The first-order valence-corrected chi connectivity index (χ1v) is 7.62. The van der Waals surface area contributed by atoms with Crippen LogP contribution in [0.5, 0.6) is 0 Å². The summed E-state index contributed by atoms with van der Waals surface area (Å²) in [5, 5.41) is 18.3. The molecule has 0 unspecified atom stereocenters. The van der Waals surface area contributed by atoms with Crippen molar-refractivity contribution in [1.29, 1.82) is 0 Å². The van der Waals surface area contributed by atoms with Crippen LogP contribution in [0.1, 0.15) is 43.2 Å². The molecule has 0 saturated heterocycles. The molecule has 0 aliphatic carbocycles. The van der Waals surface area contributed by atoms with Crippen LogP contribution in [0.2, 0.25) is 0 Å². The summed E-state index contributed by atoms with van der Waals surface area (Å²) in [6.07, 6.45) is 2.87. The van der Waals surface area contributed by atoms with E-state index in [0.717, 1.165) is 5.01 Å². The van der Waals surface area contributed by atoms with Crippen LogP contribution in [0.25, 0.3) is 0 Å². The lowest BCUT2D eigenvalue weighted by molar-refractivity contribution is 0.129. The molecule has 0 fully saturated rings. The maximum atomic E-state index is 11.9. The molecule has 114 valence electrons. The average Bonchev–Trinajstić information content (AvgIpc) is 3.12. The maximum absolute atomic E-state index is 11.9. The number of carbonyl (C=O) groups is 1. The van der Waals surface area contributed by atoms with Crippen molar-refractivity contribution in [3.63, 3.8) is 0 Å². The summed E-state index contributed by atoms with van der Waals surface area (Å²) < 4.78 is 5.13. The Bertz CT molecular complexity index is 542. The summed E-state index contributed by atoms with van der Waals surface area (Å²) in [5.74, 6) is 0.500. The molecule has 0 radical (unpaired) electrons. The Morgan fingerprint density at radius 2 is 2.29 bits per heavy atom. The number of carbonyl (C=O) groups excluding carboxylic acids is 1. The number of hydrogen-bond donors (Lipinski definition) is 3. The Morgan fingerprint density at radius 3 is 2.90 bits per heavy atom. The Hall–Kier alpha value is -1.86. The normalized spacial score (nSPS) is 15.2. The van der Waals surface area contributed by atoms with Crippen molar-refractivity contribution in [2.24, 2.45) is 0 Å². The van der Waals surface area contributed by atoms with Gasteiger partial charge in [-0.1, -0.05) is 0 Å². The summed E-state index contributed by atoms with van der Waals surface area (Å²) in [5.41, 5.74) is 0. The van der Waals surface area contributed by atoms with Crippen LogP contribution in [0.15, 0.2) is 34.4 Å². The van der Waals surface area contributed by atoms with Crippen LogP contribution in [0, 0.1) is 0 Å². The highest BCUT2D eigenvalue weighted by Gasteiger charge is 2.17. The largest absolute Gasteiger partial charge is 0.467 e. The Labute approximate surface area is 127 Å². The van der Waals surface area contributed by atoms with Gasteiger partial charge in [-0.3, -0.25) is 0 Å². The SMILES string of the molecule is C[C@H](C[C@@H](O)c1ccco1)NC(=O)N[C@H](C)c1nccs1. The number of aliphatic hydroxyl groups is 1. The number of hydrogen-bond acceptors (Lipinski definition) is 5. The molecule has 2 amide bonds. The predicted molar refractivity (Wildman–Crippen MR) is 79.9 cm³/mol. The number of thiazole rings is 1. The van der Waals surface area contributed by atoms with E-state index in [0.29, 0.717) is 12.2 Å². The predicted octanol–water partition coefficient (Wildman–Crippen LogP) is 2.61. The van der Waals surface area contributed by atoms with E-state index in [-0.39, 0.29) is 18.1 Å². The highest BCUT2D eigenvalue weighted by atomic mass is 32.1. The van der Waals surface area contributed by atoms with Crippen molar-refractivity contribution < 1.29 is 14.3 Å². The van der Waals surface area contributed by atoms with Crippen LogP contribution in [-0.2, 0) is 0 Å². The quantitative estimate of drug-likeness (QED) is 0.765. The van der Waals surface area contributed by atoms with E-state index >= 15 is 0 Å². The molecule has 21 heavy (non-hydrogen) atoms. The molecule has 0 aliphatic rings. The lowest BCUT2D eigenvalue weighted by Gasteiger charge is -2.18. The van der Waals surface area contributed by atoms with Crippen molar-refractivity contribution in [1.82, 2.24) is 15.6 Å². The fourth-order valence-electron chi connectivity index (χ4n) is 1.96. The molecule has 2 rings (SSSR count). The van der Waals surface area contributed by atoms with Crippen molar-refractivity contribution in [2.75, 3.05) is 0 Å². The molecular weight excluding hydrogens is 290 g/mol. The first-order chi connectivity index (χ1) is 10.1. The lowest BCUT2D eigenvalue weighted by atomic mass is 10.1. The molecule has 6 nitrogen and oxygen atoms in total. The molecule has 0 saturated carbocycles. The molecule has 3 N–H and O–H groups in total. The molecule has 7 heteroatoms. The van der Waals surface area contributed by atoms with Crippen LogP contribution in [0.3, 0.4) is 0 Å². The minimum Gasteiger partial charge on any atom is -0.467 e. The van der Waals surface area contributed by atoms with E-state index in [1.54, 1.807) is 18.3 Å². The maximum Gasteiger partial charge on any atom is 0.315 e. The highest BCUT2D eigenvalue weighted by Crippen LogP contribution is 2.18. The van der Waals surface area contributed by atoms with Gasteiger partial charge >= 0.3 is 6.03 Å². The third-order valence-corrected chi connectivity index (χ3v) is 3.95. The van der Waals surface area contributed by atoms with Gasteiger partial charge in [0.25, 0.3) is 0 Å². The third-order valence-electron chi connectivity index (χ3n) is 3.00. The Kier molecular flexibility index (Phi) is 5.35. The van der Waals surface area contributed by atoms with Gasteiger partial charge in [0.05, 0.1) is 12.3 Å². The van der Waals surface area contributed by atoms with Crippen LogP contribution in [0.4, 0.5) is 4.79 Å². The number of nitrogens with one attached hydrogen (secondary N) is 2. The van der Waals surface area contributed by atoms with Gasteiger partial charge in [-0.25, -0.2) is 9.78 Å². The molecule has 0 spiro atoms. The lowest BCUT2D eigenvalue weighted by Crippen LogP contribution is -2.42. The number of aromatic nitrogens is 1. The summed E-state index contributed by atoms with van der Waals surface area (Å²) in [6.45, 7) is 3.71. The van der Waals surface area contributed by atoms with E-state index in [1.165, 1.54) is 17.6 Å². The smallest absolute Gasteiger partial charge is 0.315 e. The molecular formula is C14H19N3O3S. The molecule has 2 aromatic rings. The number of amides is 2. The van der Waals surface area contributed by atoms with Gasteiger partial charge in [0.15, 0.2) is 0 Å². The number of aliphatic hydroxyl groups excluding tert-OH is 1. The van der Waals surface area contributed by atoms with Crippen molar-refractivity contribution >= 4 is 17.4 Å². The van der Waals surface area contributed by atoms with E-state index in [9.17, 15) is 9.90 Å². The second-order valence-corrected chi connectivity index (χ2v) is 5.80.